The Morgan fingerprint density at radius 2 is 1.90 bits per heavy atom. The summed E-state index contributed by atoms with van der Waals surface area (Å²) < 4.78 is 0. The van der Waals surface area contributed by atoms with Crippen LogP contribution in [0.3, 0.4) is 0 Å². The van der Waals surface area contributed by atoms with Crippen molar-refractivity contribution in [3.63, 3.8) is 0 Å². The number of hydrogen-bond donors (Lipinski definition) is 4. The summed E-state index contributed by atoms with van der Waals surface area (Å²) in [6, 6.07) is 17.9. The highest BCUT2D eigenvalue weighted by Gasteiger charge is 2.13. The highest BCUT2D eigenvalue weighted by Crippen LogP contribution is 2.24. The van der Waals surface area contributed by atoms with Crippen LogP contribution in [-0.2, 0) is 0 Å². The third-order valence-corrected chi connectivity index (χ3v) is 4.91. The van der Waals surface area contributed by atoms with Crippen molar-refractivity contribution in [2.45, 2.75) is 19.1 Å². The van der Waals surface area contributed by atoms with E-state index in [2.05, 4.69) is 15.6 Å². The maximum Gasteiger partial charge on any atom is 0.337 e. The first-order valence-corrected chi connectivity index (χ1v) is 10.0. The fraction of sp³-hybridized carbons (Fsp3) is 0.217. The number of aliphatic hydroxyl groups is 1. The Morgan fingerprint density at radius 3 is 2.67 bits per heavy atom. The molecule has 7 heteroatoms. The van der Waals surface area contributed by atoms with E-state index in [0.717, 1.165) is 16.8 Å². The largest absolute Gasteiger partial charge is 0.478 e. The predicted molar refractivity (Wildman–Crippen MR) is 119 cm³/mol. The molecule has 0 unspecified atom stereocenters. The zero-order valence-corrected chi connectivity index (χ0v) is 17.3. The highest BCUT2D eigenvalue weighted by molar-refractivity contribution is 6.30. The average molecular weight is 426 g/mol. The Morgan fingerprint density at radius 1 is 1.10 bits per heavy atom. The van der Waals surface area contributed by atoms with E-state index in [1.54, 1.807) is 30.5 Å². The Balaban J connectivity index is 1.57. The van der Waals surface area contributed by atoms with Crippen LogP contribution in [0.1, 0.15) is 28.9 Å². The van der Waals surface area contributed by atoms with E-state index in [-0.39, 0.29) is 11.6 Å². The number of aliphatic hydroxyl groups excluding tert-OH is 1. The normalized spacial score (nSPS) is 12.9. The summed E-state index contributed by atoms with van der Waals surface area (Å²) in [5.41, 5.74) is 2.96. The molecule has 0 aliphatic heterocycles. The molecule has 2 aromatic carbocycles. The van der Waals surface area contributed by atoms with Crippen molar-refractivity contribution >= 4 is 23.3 Å². The van der Waals surface area contributed by atoms with Crippen molar-refractivity contribution < 1.29 is 15.0 Å². The number of carboxylic acid groups (broad SMARTS) is 1. The van der Waals surface area contributed by atoms with Crippen LogP contribution in [0.25, 0.3) is 11.3 Å². The quantitative estimate of drug-likeness (QED) is 0.410. The molecule has 0 saturated heterocycles. The van der Waals surface area contributed by atoms with Gasteiger partial charge in [0.1, 0.15) is 0 Å². The third kappa shape index (κ3) is 5.79. The summed E-state index contributed by atoms with van der Waals surface area (Å²) in [5, 5.41) is 26.9. The summed E-state index contributed by atoms with van der Waals surface area (Å²) in [6.45, 7) is 3.04. The molecular weight excluding hydrogens is 402 g/mol. The first-order chi connectivity index (χ1) is 14.4. The fourth-order valence-electron chi connectivity index (χ4n) is 3.07. The number of pyridine rings is 1. The van der Waals surface area contributed by atoms with E-state index < -0.39 is 12.1 Å². The van der Waals surface area contributed by atoms with Gasteiger partial charge in [0.15, 0.2) is 0 Å². The first kappa shape index (κ1) is 21.8. The zero-order valence-electron chi connectivity index (χ0n) is 16.5. The molecule has 0 saturated carbocycles. The van der Waals surface area contributed by atoms with Crippen molar-refractivity contribution in [1.82, 2.24) is 10.3 Å². The molecule has 0 radical (unpaired) electrons. The van der Waals surface area contributed by atoms with E-state index >= 15 is 0 Å². The monoisotopic (exact) mass is 425 g/mol. The smallest absolute Gasteiger partial charge is 0.337 e. The Labute approximate surface area is 180 Å². The Hall–Kier alpha value is -2.93. The molecule has 0 amide bonds. The number of halogens is 1. The number of carbonyl (C=O) groups is 1. The topological polar surface area (TPSA) is 94.5 Å². The number of anilines is 1. The lowest BCUT2D eigenvalue weighted by molar-refractivity contribution is 0.0697. The van der Waals surface area contributed by atoms with Gasteiger partial charge in [0, 0.05) is 41.6 Å². The van der Waals surface area contributed by atoms with Crippen LogP contribution in [0.4, 0.5) is 5.69 Å². The van der Waals surface area contributed by atoms with Gasteiger partial charge in [-0.05, 0) is 48.9 Å². The van der Waals surface area contributed by atoms with Gasteiger partial charge in [0.2, 0.25) is 0 Å². The molecule has 3 rings (SSSR count). The predicted octanol–water partition coefficient (Wildman–Crippen LogP) is 4.22. The van der Waals surface area contributed by atoms with Gasteiger partial charge in [-0.1, -0.05) is 35.9 Å². The number of aromatic carboxylic acids is 1. The van der Waals surface area contributed by atoms with Crippen LogP contribution < -0.4 is 10.6 Å². The Bertz CT molecular complexity index is 1010. The fourth-order valence-corrected chi connectivity index (χ4v) is 3.27. The second-order valence-corrected chi connectivity index (χ2v) is 7.48. The number of aromatic nitrogens is 1. The number of carboxylic acids is 1. The standard InChI is InChI=1S/C23H24ClN3O3/c1-15(26-14-21(28)16-5-2-7-18(24)11-16)13-27-19-8-3-6-17(12-19)22-20(23(29)30)9-4-10-25-22/h2-12,15,21,26-28H,13-14H2,1H3,(H,29,30)/t15-,21-/m0/s1. The molecule has 30 heavy (non-hydrogen) atoms. The van der Waals surface area contributed by atoms with Gasteiger partial charge in [-0.15, -0.1) is 0 Å². The molecule has 3 aromatic rings. The van der Waals surface area contributed by atoms with Crippen LogP contribution in [0.15, 0.2) is 66.9 Å². The van der Waals surface area contributed by atoms with Crippen LogP contribution >= 0.6 is 11.6 Å². The summed E-state index contributed by atoms with van der Waals surface area (Å²) in [7, 11) is 0. The van der Waals surface area contributed by atoms with Crippen molar-refractivity contribution in [1.29, 1.82) is 0 Å². The maximum atomic E-state index is 11.5. The molecule has 6 nitrogen and oxygen atoms in total. The second kappa shape index (κ2) is 10.2. The van der Waals surface area contributed by atoms with Gasteiger partial charge in [0.25, 0.3) is 0 Å². The molecule has 4 N–H and O–H groups in total. The molecule has 156 valence electrons. The second-order valence-electron chi connectivity index (χ2n) is 7.05. The van der Waals surface area contributed by atoms with E-state index in [1.807, 2.05) is 43.3 Å². The van der Waals surface area contributed by atoms with Crippen molar-refractivity contribution in [2.24, 2.45) is 0 Å². The molecule has 0 spiro atoms. The summed E-state index contributed by atoms with van der Waals surface area (Å²) in [4.78, 5) is 15.7. The van der Waals surface area contributed by atoms with Crippen LogP contribution in [0, 0.1) is 0 Å². The summed E-state index contributed by atoms with van der Waals surface area (Å²) in [6.07, 6.45) is 0.937. The molecule has 0 fully saturated rings. The van der Waals surface area contributed by atoms with Gasteiger partial charge in [-0.25, -0.2) is 4.79 Å². The number of nitrogens with zero attached hydrogens (tertiary/aromatic N) is 1. The van der Waals surface area contributed by atoms with Crippen LogP contribution in [-0.4, -0.2) is 40.3 Å². The lowest BCUT2D eigenvalue weighted by Gasteiger charge is -2.19. The molecule has 0 aliphatic rings. The summed E-state index contributed by atoms with van der Waals surface area (Å²) >= 11 is 5.97. The minimum absolute atomic E-state index is 0.0897. The number of nitrogens with one attached hydrogen (secondary N) is 2. The van der Waals surface area contributed by atoms with Gasteiger partial charge < -0.3 is 20.8 Å². The van der Waals surface area contributed by atoms with Crippen molar-refractivity contribution in [2.75, 3.05) is 18.4 Å². The van der Waals surface area contributed by atoms with E-state index in [9.17, 15) is 15.0 Å². The minimum Gasteiger partial charge on any atom is -0.478 e. The van der Waals surface area contributed by atoms with Crippen molar-refractivity contribution in [3.05, 3.63) is 83.0 Å². The van der Waals surface area contributed by atoms with E-state index in [0.29, 0.717) is 23.8 Å². The SMILES string of the molecule is C[C@@H](CNc1cccc(-c2ncccc2C(=O)O)c1)NC[C@H](O)c1cccc(Cl)c1. The zero-order chi connectivity index (χ0) is 21.5. The van der Waals surface area contributed by atoms with Gasteiger partial charge in [-0.2, -0.15) is 0 Å². The molecule has 1 aromatic heterocycles. The first-order valence-electron chi connectivity index (χ1n) is 9.63. The molecule has 2 atom stereocenters. The van der Waals surface area contributed by atoms with Gasteiger partial charge in [0.05, 0.1) is 17.4 Å². The van der Waals surface area contributed by atoms with Crippen LogP contribution in [0.5, 0.6) is 0 Å². The molecule has 1 heterocycles. The van der Waals surface area contributed by atoms with Crippen LogP contribution in [0.2, 0.25) is 5.02 Å². The number of rotatable bonds is 9. The highest BCUT2D eigenvalue weighted by atomic mass is 35.5. The lowest BCUT2D eigenvalue weighted by atomic mass is 10.1. The maximum absolute atomic E-state index is 11.5. The third-order valence-electron chi connectivity index (χ3n) is 4.68. The van der Waals surface area contributed by atoms with E-state index in [1.165, 1.54) is 0 Å². The molecule has 0 bridgehead atoms. The molecular formula is C23H24ClN3O3. The van der Waals surface area contributed by atoms with Gasteiger partial charge >= 0.3 is 5.97 Å². The average Bonchev–Trinajstić information content (AvgIpc) is 2.76. The Kier molecular flexibility index (Phi) is 7.41. The lowest BCUT2D eigenvalue weighted by Crippen LogP contribution is -2.35. The number of benzene rings is 2. The van der Waals surface area contributed by atoms with Gasteiger partial charge in [-0.3, -0.25) is 4.98 Å². The minimum atomic E-state index is -1.01. The summed E-state index contributed by atoms with van der Waals surface area (Å²) in [5.74, 6) is -1.01. The number of hydrogen-bond acceptors (Lipinski definition) is 5. The van der Waals surface area contributed by atoms with E-state index in [4.69, 9.17) is 11.6 Å². The van der Waals surface area contributed by atoms with Crippen molar-refractivity contribution in [3.8, 4) is 11.3 Å². The molecule has 0 aliphatic carbocycles.